The fraction of sp³-hybridized carbons (Fsp3) is 0.545. The van der Waals surface area contributed by atoms with Gasteiger partial charge < -0.3 is 36.1 Å². The topological polar surface area (TPSA) is 225 Å². The molecule has 3 aromatic rings. The van der Waals surface area contributed by atoms with Crippen molar-refractivity contribution in [2.45, 2.75) is 109 Å². The molecule has 0 aliphatic heterocycles. The number of H-pyrrole nitrogens is 1. The molecule has 0 saturated carbocycles. The molecule has 1 amide bonds. The molecule has 1 unspecified atom stereocenters. The van der Waals surface area contributed by atoms with Crippen LogP contribution in [-0.2, 0) is 20.9 Å². The summed E-state index contributed by atoms with van der Waals surface area (Å²) in [6.07, 6.45) is 11.7. The van der Waals surface area contributed by atoms with Crippen LogP contribution in [-0.4, -0.2) is 61.1 Å². The number of benzene rings is 1. The van der Waals surface area contributed by atoms with E-state index in [1.54, 1.807) is 19.1 Å². The molecule has 256 valence electrons. The standard InChI is InChI=1S/C33H47N7O7.Na/c1-3-5-6-7-8-9-10-11-12-13-18-33(31(45)46,47-4-2)19-25(30(43)44)38-28(41)22-14-16-23(17-15-22)35-20-24-21-36-27-26(37-24)29(42)40-32(34)39-27;/h14-17,21,25,35H,3-13,18-20H2,1-2H3,(H,38,41)(H,43,44)(H,45,46)(H3,34,36,39,40,42);/q;+1/p-1/t25-,33?;/m0./s1. The Bertz CT molecular complexity index is 1540. The fourth-order valence-corrected chi connectivity index (χ4v) is 5.41. The van der Waals surface area contributed by atoms with Gasteiger partial charge >= 0.3 is 35.5 Å². The summed E-state index contributed by atoms with van der Waals surface area (Å²) < 4.78 is 5.63. The second kappa shape index (κ2) is 20.7. The minimum Gasteiger partial charge on any atom is -0.547 e. The van der Waals surface area contributed by atoms with Crippen LogP contribution in [0.4, 0.5) is 11.6 Å². The molecule has 6 N–H and O–H groups in total. The Hall–Kier alpha value is -3.59. The van der Waals surface area contributed by atoms with Gasteiger partial charge in [0.15, 0.2) is 11.2 Å². The summed E-state index contributed by atoms with van der Waals surface area (Å²) in [5.74, 6) is -3.61. The number of aromatic nitrogens is 4. The summed E-state index contributed by atoms with van der Waals surface area (Å²) in [5.41, 5.74) is 4.61. The van der Waals surface area contributed by atoms with Gasteiger partial charge in [0.25, 0.3) is 11.5 Å². The van der Waals surface area contributed by atoms with Crippen molar-refractivity contribution in [2.75, 3.05) is 17.7 Å². The smallest absolute Gasteiger partial charge is 0.547 e. The number of nitrogens with zero attached hydrogens (tertiary/aromatic N) is 3. The molecular weight excluding hydrogens is 629 g/mol. The monoisotopic (exact) mass is 675 g/mol. The first-order valence-corrected chi connectivity index (χ1v) is 16.3. The first kappa shape index (κ1) is 40.6. The molecule has 3 rings (SSSR count). The van der Waals surface area contributed by atoms with Crippen molar-refractivity contribution in [3.63, 3.8) is 0 Å². The minimum absolute atomic E-state index is 0. The molecule has 2 aromatic heterocycles. The Labute approximate surface area is 302 Å². The third-order valence-electron chi connectivity index (χ3n) is 7.97. The summed E-state index contributed by atoms with van der Waals surface area (Å²) in [6.45, 7) is 4.09. The van der Waals surface area contributed by atoms with Crippen LogP contribution in [0, 0.1) is 0 Å². The van der Waals surface area contributed by atoms with E-state index in [-0.39, 0.29) is 71.8 Å². The largest absolute Gasteiger partial charge is 1.00 e. The van der Waals surface area contributed by atoms with Gasteiger partial charge in [-0.15, -0.1) is 0 Å². The van der Waals surface area contributed by atoms with Gasteiger partial charge in [0.2, 0.25) is 5.95 Å². The van der Waals surface area contributed by atoms with Crippen molar-refractivity contribution in [1.29, 1.82) is 0 Å². The Morgan fingerprint density at radius 3 is 2.21 bits per heavy atom. The number of aliphatic carboxylic acids is 2. The number of nitrogens with one attached hydrogen (secondary N) is 3. The number of carboxylic acid groups (broad SMARTS) is 2. The molecule has 0 radical (unpaired) electrons. The number of hydrogen-bond acceptors (Lipinski definition) is 11. The summed E-state index contributed by atoms with van der Waals surface area (Å²) in [4.78, 5) is 64.3. The number of carbonyl (C=O) groups is 3. The number of hydrogen-bond donors (Lipinski definition) is 5. The first-order chi connectivity index (χ1) is 22.6. The van der Waals surface area contributed by atoms with Crippen LogP contribution in [0.5, 0.6) is 0 Å². The van der Waals surface area contributed by atoms with Gasteiger partial charge in [0.1, 0.15) is 11.6 Å². The van der Waals surface area contributed by atoms with Crippen LogP contribution >= 0.6 is 0 Å². The Morgan fingerprint density at radius 1 is 1.00 bits per heavy atom. The van der Waals surface area contributed by atoms with Crippen molar-refractivity contribution >= 4 is 40.6 Å². The Balaban J connectivity index is 0.00000800. The van der Waals surface area contributed by atoms with E-state index in [4.69, 9.17) is 10.5 Å². The maximum absolute atomic E-state index is 13.0. The molecule has 0 spiro atoms. The predicted octanol–water partition coefficient (Wildman–Crippen LogP) is 0.321. The van der Waals surface area contributed by atoms with Crippen LogP contribution in [0.15, 0.2) is 35.3 Å². The number of anilines is 2. The minimum atomic E-state index is -1.85. The van der Waals surface area contributed by atoms with Gasteiger partial charge in [-0.1, -0.05) is 71.1 Å². The van der Waals surface area contributed by atoms with Crippen LogP contribution in [0.25, 0.3) is 11.2 Å². The number of fused-ring (bicyclic) bond motifs is 1. The maximum atomic E-state index is 13.0. The first-order valence-electron chi connectivity index (χ1n) is 16.3. The number of ether oxygens (including phenoxy) is 1. The Morgan fingerprint density at radius 2 is 1.62 bits per heavy atom. The third-order valence-corrected chi connectivity index (χ3v) is 7.97. The van der Waals surface area contributed by atoms with E-state index >= 15 is 0 Å². The number of nitrogen functional groups attached to an aromatic ring is 1. The molecule has 0 aliphatic carbocycles. The van der Waals surface area contributed by atoms with E-state index in [1.807, 2.05) is 0 Å². The summed E-state index contributed by atoms with van der Waals surface area (Å²) >= 11 is 0. The fourth-order valence-electron chi connectivity index (χ4n) is 5.41. The van der Waals surface area contributed by atoms with Gasteiger partial charge in [-0.2, -0.15) is 4.98 Å². The van der Waals surface area contributed by atoms with Gasteiger partial charge in [-0.3, -0.25) is 14.6 Å². The number of carbonyl (C=O) groups excluding carboxylic acids is 2. The summed E-state index contributed by atoms with van der Waals surface area (Å²) in [5, 5.41) is 27.8. The van der Waals surface area contributed by atoms with Crippen molar-refractivity contribution in [2.24, 2.45) is 0 Å². The van der Waals surface area contributed by atoms with Gasteiger partial charge in [0.05, 0.1) is 24.4 Å². The van der Waals surface area contributed by atoms with E-state index in [2.05, 4.69) is 37.5 Å². The third kappa shape index (κ3) is 12.5. The molecule has 0 bridgehead atoms. The molecule has 0 fully saturated rings. The molecule has 48 heavy (non-hydrogen) atoms. The average Bonchev–Trinajstić information content (AvgIpc) is 3.04. The molecule has 2 atom stereocenters. The predicted molar refractivity (Wildman–Crippen MR) is 175 cm³/mol. The number of nitrogens with two attached hydrogens (primary N) is 1. The summed E-state index contributed by atoms with van der Waals surface area (Å²) in [7, 11) is 0. The number of aromatic amines is 1. The van der Waals surface area contributed by atoms with Crippen LogP contribution in [0.2, 0.25) is 0 Å². The second-order valence-corrected chi connectivity index (χ2v) is 11.6. The molecule has 2 heterocycles. The van der Waals surface area contributed by atoms with E-state index in [0.717, 1.165) is 25.7 Å². The van der Waals surface area contributed by atoms with E-state index in [1.165, 1.54) is 50.4 Å². The maximum Gasteiger partial charge on any atom is 1.00 e. The van der Waals surface area contributed by atoms with E-state index in [0.29, 0.717) is 17.8 Å². The molecule has 15 heteroatoms. The van der Waals surface area contributed by atoms with Crippen molar-refractivity contribution in [1.82, 2.24) is 25.3 Å². The van der Waals surface area contributed by atoms with Gasteiger partial charge in [0, 0.05) is 24.3 Å². The number of rotatable bonds is 22. The normalized spacial score (nSPS) is 12.9. The average molecular weight is 676 g/mol. The SMILES string of the molecule is CCCCCCCCCCCCC(C[C@H](NC(=O)c1ccc(NCc2cnc3nc(N)[nH]c(=O)c3n2)cc1)C(=O)O)(OCC)C(=O)[O-].[Na+]. The zero-order valence-corrected chi connectivity index (χ0v) is 30.2. The molecule has 1 aromatic carbocycles. The zero-order valence-electron chi connectivity index (χ0n) is 28.2. The summed E-state index contributed by atoms with van der Waals surface area (Å²) in [6, 6.07) is 4.71. The second-order valence-electron chi connectivity index (χ2n) is 11.6. The Kier molecular flexibility index (Phi) is 17.5. The molecule has 0 saturated heterocycles. The van der Waals surface area contributed by atoms with Crippen LogP contribution in [0.3, 0.4) is 0 Å². The van der Waals surface area contributed by atoms with Crippen LogP contribution < -0.4 is 56.6 Å². The van der Waals surface area contributed by atoms with Gasteiger partial charge in [-0.25, -0.2) is 14.8 Å². The molecule has 0 aliphatic rings. The number of unbranched alkanes of at least 4 members (excludes halogenated alkanes) is 9. The number of carboxylic acids is 2. The zero-order chi connectivity index (χ0) is 34.2. The molecule has 14 nitrogen and oxygen atoms in total. The van der Waals surface area contributed by atoms with Gasteiger partial charge in [-0.05, 0) is 37.6 Å². The quantitative estimate of drug-likeness (QED) is 0.0717. The number of amides is 1. The molecular formula is C33H46N7NaO7. The van der Waals surface area contributed by atoms with Crippen molar-refractivity contribution in [3.05, 3.63) is 52.1 Å². The van der Waals surface area contributed by atoms with Crippen molar-refractivity contribution in [3.8, 4) is 0 Å². The van der Waals surface area contributed by atoms with Crippen molar-refractivity contribution < 1.29 is 58.9 Å². The van der Waals surface area contributed by atoms with E-state index in [9.17, 15) is 29.4 Å². The van der Waals surface area contributed by atoms with Crippen LogP contribution in [0.1, 0.15) is 107 Å². The van der Waals surface area contributed by atoms with E-state index < -0.39 is 41.5 Å².